The first kappa shape index (κ1) is 12.0. The molecule has 0 N–H and O–H groups in total. The molecular weight excluding hydrogens is 242 g/mol. The van der Waals surface area contributed by atoms with Gasteiger partial charge in [0.15, 0.2) is 6.10 Å². The first-order chi connectivity index (χ1) is 9.29. The van der Waals surface area contributed by atoms with Gasteiger partial charge in [-0.05, 0) is 25.0 Å². The second kappa shape index (κ2) is 4.88. The molecule has 0 bridgehead atoms. The lowest BCUT2D eigenvalue weighted by molar-refractivity contribution is -0.149. The minimum atomic E-state index is -0.516. The van der Waals surface area contributed by atoms with E-state index in [1.54, 1.807) is 6.20 Å². The largest absolute Gasteiger partial charge is 0.476 e. The van der Waals surface area contributed by atoms with Crippen LogP contribution < -0.4 is 4.74 Å². The molecule has 0 spiro atoms. The van der Waals surface area contributed by atoms with Crippen LogP contribution in [0.5, 0.6) is 5.75 Å². The number of benzene rings is 1. The Morgan fingerprint density at radius 3 is 2.84 bits per heavy atom. The van der Waals surface area contributed by atoms with Crippen LogP contribution in [0, 0.1) is 5.92 Å². The predicted octanol–water partition coefficient (Wildman–Crippen LogP) is 2.57. The molecule has 1 aliphatic carbocycles. The summed E-state index contributed by atoms with van der Waals surface area (Å²) < 4.78 is 10.7. The van der Waals surface area contributed by atoms with Crippen LogP contribution in [0.4, 0.5) is 0 Å². The fraction of sp³-hybridized carbons (Fsp3) is 0.333. The number of rotatable bonds is 4. The summed E-state index contributed by atoms with van der Waals surface area (Å²) in [6.45, 7) is 0. The predicted molar refractivity (Wildman–Crippen MR) is 70.9 cm³/mol. The van der Waals surface area contributed by atoms with Gasteiger partial charge in [-0.2, -0.15) is 0 Å². The molecule has 4 nitrogen and oxygen atoms in total. The maximum atomic E-state index is 11.8. The molecule has 1 atom stereocenters. The van der Waals surface area contributed by atoms with E-state index in [9.17, 15) is 4.79 Å². The van der Waals surface area contributed by atoms with Crippen molar-refractivity contribution in [2.24, 2.45) is 5.92 Å². The molecule has 3 rings (SSSR count). The molecule has 2 aromatic rings. The van der Waals surface area contributed by atoms with E-state index >= 15 is 0 Å². The van der Waals surface area contributed by atoms with Crippen LogP contribution in [0.2, 0.25) is 0 Å². The first-order valence-corrected chi connectivity index (χ1v) is 6.38. The molecule has 1 aromatic heterocycles. The fourth-order valence-electron chi connectivity index (χ4n) is 2.16. The standard InChI is InChI=1S/C15H15NO3/c1-18-15(17)14(11-7-8-11)19-12-6-2-4-10-5-3-9-16-13(10)12/h2-6,9,11,14H,7-8H2,1H3. The van der Waals surface area contributed by atoms with Crippen LogP contribution in [0.15, 0.2) is 36.5 Å². The lowest BCUT2D eigenvalue weighted by Gasteiger charge is -2.17. The van der Waals surface area contributed by atoms with Crippen molar-refractivity contribution in [1.29, 1.82) is 0 Å². The number of esters is 1. The molecule has 1 aromatic carbocycles. The molecule has 0 saturated heterocycles. The zero-order valence-corrected chi connectivity index (χ0v) is 10.7. The van der Waals surface area contributed by atoms with Gasteiger partial charge in [0, 0.05) is 17.5 Å². The molecule has 1 heterocycles. The third-order valence-corrected chi connectivity index (χ3v) is 3.33. The van der Waals surface area contributed by atoms with Crippen molar-refractivity contribution in [1.82, 2.24) is 4.98 Å². The highest BCUT2D eigenvalue weighted by Gasteiger charge is 2.39. The molecule has 0 aliphatic heterocycles. The van der Waals surface area contributed by atoms with Gasteiger partial charge in [0.05, 0.1) is 7.11 Å². The molecule has 1 fully saturated rings. The number of nitrogens with zero attached hydrogens (tertiary/aromatic N) is 1. The summed E-state index contributed by atoms with van der Waals surface area (Å²) in [5.41, 5.74) is 0.777. The minimum Gasteiger partial charge on any atom is -0.476 e. The molecule has 1 unspecified atom stereocenters. The number of aromatic nitrogens is 1. The molecule has 19 heavy (non-hydrogen) atoms. The van der Waals surface area contributed by atoms with Gasteiger partial charge in [0.2, 0.25) is 0 Å². The van der Waals surface area contributed by atoms with Gasteiger partial charge >= 0.3 is 5.97 Å². The average molecular weight is 257 g/mol. The summed E-state index contributed by atoms with van der Waals surface area (Å²) in [6, 6.07) is 9.57. The third-order valence-electron chi connectivity index (χ3n) is 3.33. The van der Waals surface area contributed by atoms with Crippen molar-refractivity contribution in [2.45, 2.75) is 18.9 Å². The van der Waals surface area contributed by atoms with Crippen molar-refractivity contribution in [3.8, 4) is 5.75 Å². The highest BCUT2D eigenvalue weighted by molar-refractivity contribution is 5.85. The SMILES string of the molecule is COC(=O)C(Oc1cccc2cccnc12)C1CC1. The maximum absolute atomic E-state index is 11.8. The van der Waals surface area contributed by atoms with Crippen molar-refractivity contribution in [2.75, 3.05) is 7.11 Å². The van der Waals surface area contributed by atoms with E-state index in [0.717, 1.165) is 23.7 Å². The summed E-state index contributed by atoms with van der Waals surface area (Å²) >= 11 is 0. The zero-order valence-electron chi connectivity index (χ0n) is 10.7. The van der Waals surface area contributed by atoms with Gasteiger partial charge in [-0.1, -0.05) is 18.2 Å². The minimum absolute atomic E-state index is 0.270. The van der Waals surface area contributed by atoms with Gasteiger partial charge in [0.25, 0.3) is 0 Å². The second-order valence-electron chi connectivity index (χ2n) is 4.73. The van der Waals surface area contributed by atoms with Gasteiger partial charge in [-0.15, -0.1) is 0 Å². The van der Waals surface area contributed by atoms with E-state index in [1.807, 2.05) is 30.3 Å². The zero-order chi connectivity index (χ0) is 13.2. The van der Waals surface area contributed by atoms with Gasteiger partial charge in [0.1, 0.15) is 11.3 Å². The van der Waals surface area contributed by atoms with E-state index in [4.69, 9.17) is 9.47 Å². The van der Waals surface area contributed by atoms with Crippen molar-refractivity contribution in [3.63, 3.8) is 0 Å². The smallest absolute Gasteiger partial charge is 0.347 e. The van der Waals surface area contributed by atoms with E-state index < -0.39 is 6.10 Å². The topological polar surface area (TPSA) is 48.4 Å². The van der Waals surface area contributed by atoms with Gasteiger partial charge < -0.3 is 9.47 Å². The van der Waals surface area contributed by atoms with E-state index in [0.29, 0.717) is 5.75 Å². The van der Waals surface area contributed by atoms with Crippen LogP contribution in [0.3, 0.4) is 0 Å². The fourth-order valence-corrected chi connectivity index (χ4v) is 2.16. The van der Waals surface area contributed by atoms with Crippen molar-refractivity contribution in [3.05, 3.63) is 36.5 Å². The molecule has 1 saturated carbocycles. The number of hydrogen-bond donors (Lipinski definition) is 0. The van der Waals surface area contributed by atoms with Crippen molar-refractivity contribution < 1.29 is 14.3 Å². The summed E-state index contributed by atoms with van der Waals surface area (Å²) in [4.78, 5) is 16.1. The Balaban J connectivity index is 1.93. The second-order valence-corrected chi connectivity index (χ2v) is 4.73. The summed E-state index contributed by atoms with van der Waals surface area (Å²) in [7, 11) is 1.39. The monoisotopic (exact) mass is 257 g/mol. The highest BCUT2D eigenvalue weighted by Crippen LogP contribution is 2.36. The Labute approximate surface area is 111 Å². The number of para-hydroxylation sites is 1. The molecule has 0 amide bonds. The number of hydrogen-bond acceptors (Lipinski definition) is 4. The number of pyridine rings is 1. The number of fused-ring (bicyclic) bond motifs is 1. The molecule has 98 valence electrons. The van der Waals surface area contributed by atoms with Crippen LogP contribution >= 0.6 is 0 Å². The first-order valence-electron chi connectivity index (χ1n) is 6.38. The Hall–Kier alpha value is -2.10. The Kier molecular flexibility index (Phi) is 3.07. The van der Waals surface area contributed by atoms with E-state index in [-0.39, 0.29) is 11.9 Å². The molecule has 1 aliphatic rings. The number of carbonyl (C=O) groups is 1. The Morgan fingerprint density at radius 1 is 1.32 bits per heavy atom. The number of ether oxygens (including phenoxy) is 2. The maximum Gasteiger partial charge on any atom is 0.347 e. The lowest BCUT2D eigenvalue weighted by Crippen LogP contribution is -2.30. The number of methoxy groups -OCH3 is 1. The summed E-state index contributed by atoms with van der Waals surface area (Å²) in [5, 5.41) is 0.999. The quantitative estimate of drug-likeness (QED) is 0.790. The lowest BCUT2D eigenvalue weighted by atomic mass is 10.2. The third kappa shape index (κ3) is 2.38. The van der Waals surface area contributed by atoms with E-state index in [2.05, 4.69) is 4.98 Å². The molecular formula is C15H15NO3. The molecule has 0 radical (unpaired) electrons. The van der Waals surface area contributed by atoms with Crippen LogP contribution in [0.25, 0.3) is 10.9 Å². The van der Waals surface area contributed by atoms with Crippen LogP contribution in [-0.2, 0) is 9.53 Å². The average Bonchev–Trinajstić information content (AvgIpc) is 3.28. The van der Waals surface area contributed by atoms with Gasteiger partial charge in [-0.25, -0.2) is 4.79 Å². The van der Waals surface area contributed by atoms with Crippen molar-refractivity contribution >= 4 is 16.9 Å². The Bertz CT molecular complexity index is 602. The summed E-state index contributed by atoms with van der Waals surface area (Å²) in [5.74, 6) is 0.599. The number of carbonyl (C=O) groups excluding carboxylic acids is 1. The van der Waals surface area contributed by atoms with E-state index in [1.165, 1.54) is 7.11 Å². The highest BCUT2D eigenvalue weighted by atomic mass is 16.6. The van der Waals surface area contributed by atoms with Crippen LogP contribution in [0.1, 0.15) is 12.8 Å². The Morgan fingerprint density at radius 2 is 2.11 bits per heavy atom. The summed E-state index contributed by atoms with van der Waals surface area (Å²) in [6.07, 6.45) is 3.23. The van der Waals surface area contributed by atoms with Gasteiger partial charge in [-0.3, -0.25) is 4.98 Å². The molecule has 4 heteroatoms. The normalized spacial score (nSPS) is 16.1. The van der Waals surface area contributed by atoms with Crippen LogP contribution in [-0.4, -0.2) is 24.2 Å².